The number of nitrogen functional groups attached to an aromatic ring is 1. The van der Waals surface area contributed by atoms with Gasteiger partial charge in [-0.15, -0.1) is 10.2 Å². The van der Waals surface area contributed by atoms with Gasteiger partial charge in [-0.25, -0.2) is 4.68 Å². The molecule has 2 atom stereocenters. The Bertz CT molecular complexity index is 785. The molecule has 4 rings (SSSR count). The van der Waals surface area contributed by atoms with Crippen molar-refractivity contribution in [2.75, 3.05) is 10.7 Å². The monoisotopic (exact) mass is 343 g/mol. The molecule has 1 fully saturated rings. The number of anilines is 1. The van der Waals surface area contributed by atoms with Crippen LogP contribution in [0.2, 0.25) is 0 Å². The fraction of sp³-hybridized carbons (Fsp3) is 0.471. The van der Waals surface area contributed by atoms with Gasteiger partial charge in [-0.05, 0) is 44.7 Å². The molecule has 1 aliphatic carbocycles. The normalized spacial score (nSPS) is 20.9. The molecule has 1 saturated carbocycles. The van der Waals surface area contributed by atoms with Crippen molar-refractivity contribution >= 4 is 23.4 Å². The molecule has 2 aromatic rings. The lowest BCUT2D eigenvalue weighted by Gasteiger charge is -2.25. The Morgan fingerprint density at radius 1 is 1.33 bits per heavy atom. The standard InChI is InChI=1S/C17H21N5OS/c1-10-9-13-5-3-4-6-14(13)21(10)16(23)11(2)24-17-20-19-15(22(17)18)12-7-8-12/h3-6,10-12H,7-9,18H2,1-2H3. The summed E-state index contributed by atoms with van der Waals surface area (Å²) in [5.74, 6) is 7.46. The maximum Gasteiger partial charge on any atom is 0.240 e. The van der Waals surface area contributed by atoms with Crippen molar-refractivity contribution in [3.05, 3.63) is 35.7 Å². The summed E-state index contributed by atoms with van der Waals surface area (Å²) in [7, 11) is 0. The smallest absolute Gasteiger partial charge is 0.240 e. The van der Waals surface area contributed by atoms with Crippen LogP contribution in [0, 0.1) is 0 Å². The first-order valence-electron chi connectivity index (χ1n) is 8.34. The van der Waals surface area contributed by atoms with Crippen LogP contribution in [0.15, 0.2) is 29.4 Å². The maximum absolute atomic E-state index is 13.0. The summed E-state index contributed by atoms with van der Waals surface area (Å²) in [5, 5.41) is 8.69. The fourth-order valence-corrected chi connectivity index (χ4v) is 4.12. The third-order valence-corrected chi connectivity index (χ3v) is 5.75. The average Bonchev–Trinajstić information content (AvgIpc) is 3.26. The first-order valence-corrected chi connectivity index (χ1v) is 9.22. The van der Waals surface area contributed by atoms with E-state index in [0.717, 1.165) is 30.8 Å². The topological polar surface area (TPSA) is 77.0 Å². The van der Waals surface area contributed by atoms with Crippen molar-refractivity contribution in [1.82, 2.24) is 14.9 Å². The predicted molar refractivity (Wildman–Crippen MR) is 94.6 cm³/mol. The zero-order chi connectivity index (χ0) is 16.8. The van der Waals surface area contributed by atoms with Crippen LogP contribution in [0.3, 0.4) is 0 Å². The van der Waals surface area contributed by atoms with Gasteiger partial charge in [0, 0.05) is 17.6 Å². The molecule has 2 unspecified atom stereocenters. The second kappa shape index (κ2) is 5.81. The first-order chi connectivity index (χ1) is 11.6. The van der Waals surface area contributed by atoms with Gasteiger partial charge in [0.15, 0.2) is 5.82 Å². The summed E-state index contributed by atoms with van der Waals surface area (Å²) in [6.07, 6.45) is 3.14. The largest absolute Gasteiger partial charge is 0.336 e. The molecule has 7 heteroatoms. The quantitative estimate of drug-likeness (QED) is 0.681. The van der Waals surface area contributed by atoms with Crippen molar-refractivity contribution < 1.29 is 4.79 Å². The number of nitrogens with two attached hydrogens (primary N) is 1. The molecule has 1 aromatic heterocycles. The van der Waals surface area contributed by atoms with E-state index in [1.807, 2.05) is 30.0 Å². The van der Waals surface area contributed by atoms with Crippen molar-refractivity contribution in [2.24, 2.45) is 0 Å². The molecular weight excluding hydrogens is 322 g/mol. The van der Waals surface area contributed by atoms with E-state index >= 15 is 0 Å². The van der Waals surface area contributed by atoms with Crippen LogP contribution in [-0.4, -0.2) is 32.1 Å². The van der Waals surface area contributed by atoms with Gasteiger partial charge < -0.3 is 10.7 Å². The highest BCUT2D eigenvalue weighted by molar-refractivity contribution is 8.00. The van der Waals surface area contributed by atoms with E-state index in [0.29, 0.717) is 11.1 Å². The van der Waals surface area contributed by atoms with Crippen LogP contribution in [0.4, 0.5) is 5.69 Å². The van der Waals surface area contributed by atoms with Gasteiger partial charge in [0.2, 0.25) is 11.1 Å². The third kappa shape index (κ3) is 2.56. The number of thioether (sulfide) groups is 1. The number of amides is 1. The fourth-order valence-electron chi connectivity index (χ4n) is 3.29. The second-order valence-electron chi connectivity index (χ2n) is 6.64. The highest BCUT2D eigenvalue weighted by Crippen LogP contribution is 2.40. The van der Waals surface area contributed by atoms with E-state index in [2.05, 4.69) is 23.2 Å². The highest BCUT2D eigenvalue weighted by Gasteiger charge is 2.35. The maximum atomic E-state index is 13.0. The molecule has 2 heterocycles. The number of hydrogen-bond acceptors (Lipinski definition) is 5. The molecule has 0 bridgehead atoms. The van der Waals surface area contributed by atoms with Crippen LogP contribution in [0.1, 0.15) is 44.0 Å². The Kier molecular flexibility index (Phi) is 3.75. The number of fused-ring (bicyclic) bond motifs is 1. The lowest BCUT2D eigenvalue weighted by atomic mass is 10.1. The zero-order valence-corrected chi connectivity index (χ0v) is 14.7. The van der Waals surface area contributed by atoms with Crippen LogP contribution in [0.5, 0.6) is 0 Å². The second-order valence-corrected chi connectivity index (χ2v) is 7.94. The highest BCUT2D eigenvalue weighted by atomic mass is 32.2. The van der Waals surface area contributed by atoms with Gasteiger partial charge in [-0.1, -0.05) is 30.0 Å². The Morgan fingerprint density at radius 2 is 2.08 bits per heavy atom. The SMILES string of the molecule is CC(Sc1nnc(C2CC2)n1N)C(=O)N1c2ccccc2CC1C. The Hall–Kier alpha value is -2.02. The lowest BCUT2D eigenvalue weighted by molar-refractivity contribution is -0.118. The molecule has 0 spiro atoms. The number of carbonyl (C=O) groups excluding carboxylic acids is 1. The predicted octanol–water partition coefficient (Wildman–Crippen LogP) is 2.33. The van der Waals surface area contributed by atoms with Crippen molar-refractivity contribution in [1.29, 1.82) is 0 Å². The van der Waals surface area contributed by atoms with E-state index < -0.39 is 0 Å². The summed E-state index contributed by atoms with van der Waals surface area (Å²) in [6, 6.07) is 8.29. The van der Waals surface area contributed by atoms with Crippen molar-refractivity contribution in [3.8, 4) is 0 Å². The Balaban J connectivity index is 1.52. The molecule has 1 aliphatic heterocycles. The zero-order valence-electron chi connectivity index (χ0n) is 13.8. The van der Waals surface area contributed by atoms with Gasteiger partial charge in [0.1, 0.15) is 0 Å². The molecule has 1 amide bonds. The molecule has 2 N–H and O–H groups in total. The van der Waals surface area contributed by atoms with Crippen LogP contribution < -0.4 is 10.7 Å². The molecule has 0 saturated heterocycles. The van der Waals surface area contributed by atoms with Crippen LogP contribution in [-0.2, 0) is 11.2 Å². The van der Waals surface area contributed by atoms with Gasteiger partial charge in [-0.2, -0.15) is 0 Å². The number of nitrogens with zero attached hydrogens (tertiary/aromatic N) is 4. The number of hydrogen-bond donors (Lipinski definition) is 1. The number of para-hydroxylation sites is 1. The van der Waals surface area contributed by atoms with Gasteiger partial charge in [0.05, 0.1) is 5.25 Å². The molecular formula is C17H21N5OS. The molecule has 126 valence electrons. The van der Waals surface area contributed by atoms with Gasteiger partial charge in [-0.3, -0.25) is 4.79 Å². The van der Waals surface area contributed by atoms with E-state index in [1.165, 1.54) is 17.3 Å². The van der Waals surface area contributed by atoms with Gasteiger partial charge >= 0.3 is 0 Å². The summed E-state index contributed by atoms with van der Waals surface area (Å²) < 4.78 is 1.55. The van der Waals surface area contributed by atoms with Crippen LogP contribution >= 0.6 is 11.8 Å². The number of carbonyl (C=O) groups is 1. The minimum absolute atomic E-state index is 0.0911. The number of benzene rings is 1. The third-order valence-electron chi connectivity index (χ3n) is 4.71. The first kappa shape index (κ1) is 15.5. The van der Waals surface area contributed by atoms with Gasteiger partial charge in [0.25, 0.3) is 0 Å². The van der Waals surface area contributed by atoms with E-state index in [4.69, 9.17) is 5.84 Å². The molecule has 6 nitrogen and oxygen atoms in total. The van der Waals surface area contributed by atoms with E-state index in [9.17, 15) is 4.79 Å². The van der Waals surface area contributed by atoms with Crippen molar-refractivity contribution in [2.45, 2.75) is 55.5 Å². The van der Waals surface area contributed by atoms with Crippen molar-refractivity contribution in [3.63, 3.8) is 0 Å². The molecule has 2 aliphatic rings. The lowest BCUT2D eigenvalue weighted by Crippen LogP contribution is -2.40. The Labute approximate surface area is 145 Å². The number of aromatic nitrogens is 3. The summed E-state index contributed by atoms with van der Waals surface area (Å²) >= 11 is 1.38. The van der Waals surface area contributed by atoms with E-state index in [-0.39, 0.29) is 17.2 Å². The summed E-state index contributed by atoms with van der Waals surface area (Å²) in [4.78, 5) is 14.9. The number of rotatable bonds is 4. The summed E-state index contributed by atoms with van der Waals surface area (Å²) in [6.45, 7) is 4.00. The Morgan fingerprint density at radius 3 is 2.83 bits per heavy atom. The molecule has 0 radical (unpaired) electrons. The minimum atomic E-state index is -0.267. The molecule has 1 aromatic carbocycles. The van der Waals surface area contributed by atoms with E-state index in [1.54, 1.807) is 4.68 Å². The summed E-state index contributed by atoms with van der Waals surface area (Å²) in [5.41, 5.74) is 2.25. The minimum Gasteiger partial charge on any atom is -0.336 e. The average molecular weight is 343 g/mol. The van der Waals surface area contributed by atoms with Crippen LogP contribution in [0.25, 0.3) is 0 Å². The molecule has 24 heavy (non-hydrogen) atoms.